The molecule has 0 bridgehead atoms. The summed E-state index contributed by atoms with van der Waals surface area (Å²) in [5.74, 6) is 0.970. The highest BCUT2D eigenvalue weighted by Crippen LogP contribution is 2.35. The zero-order chi connectivity index (χ0) is 10.7. The summed E-state index contributed by atoms with van der Waals surface area (Å²) in [6, 6.07) is 0. The van der Waals surface area contributed by atoms with Crippen LogP contribution in [0.2, 0.25) is 0 Å². The Kier molecular flexibility index (Phi) is 5.41. The van der Waals surface area contributed by atoms with Crippen molar-refractivity contribution in [2.45, 2.75) is 19.3 Å². The summed E-state index contributed by atoms with van der Waals surface area (Å²) in [6.45, 7) is 4.20. The van der Waals surface area contributed by atoms with E-state index in [1.807, 2.05) is 6.26 Å². The van der Waals surface area contributed by atoms with E-state index in [0.717, 1.165) is 26.2 Å². The molecule has 0 aliphatic carbocycles. The summed E-state index contributed by atoms with van der Waals surface area (Å²) in [5, 5.41) is 3.43. The number of hydrogen-bond donors (Lipinski definition) is 1. The van der Waals surface area contributed by atoms with Crippen molar-refractivity contribution in [1.82, 2.24) is 10.2 Å². The van der Waals surface area contributed by atoms with Crippen LogP contribution in [0, 0.1) is 5.41 Å². The van der Waals surface area contributed by atoms with Crippen molar-refractivity contribution in [2.24, 2.45) is 5.41 Å². The Bertz CT molecular complexity index is 244. The fourth-order valence-corrected chi connectivity index (χ4v) is 3.21. The van der Waals surface area contributed by atoms with Crippen LogP contribution in [-0.2, 0) is 4.79 Å². The van der Waals surface area contributed by atoms with Crippen LogP contribution >= 0.6 is 24.2 Å². The molecular weight excluding hydrogens is 244 g/mol. The quantitative estimate of drug-likeness (QED) is 0.818. The minimum Gasteiger partial charge on any atom is -0.341 e. The first-order valence-corrected chi connectivity index (χ1v) is 7.13. The molecule has 1 atom stereocenters. The smallest absolute Gasteiger partial charge is 0.232 e. The van der Waals surface area contributed by atoms with Crippen molar-refractivity contribution >= 4 is 30.1 Å². The topological polar surface area (TPSA) is 32.3 Å². The summed E-state index contributed by atoms with van der Waals surface area (Å²) in [5.41, 5.74) is 0.409. The summed E-state index contributed by atoms with van der Waals surface area (Å²) in [7, 11) is 0. The Morgan fingerprint density at radius 1 is 1.50 bits per heavy atom. The second-order valence-corrected chi connectivity index (χ2v) is 5.64. The number of carbonyl (C=O) groups excluding carboxylic acids is 1. The maximum absolute atomic E-state index is 11.8. The summed E-state index contributed by atoms with van der Waals surface area (Å²) < 4.78 is 0. The average molecular weight is 265 g/mol. The molecule has 1 spiro atoms. The highest BCUT2D eigenvalue weighted by atomic mass is 35.5. The largest absolute Gasteiger partial charge is 0.341 e. The maximum Gasteiger partial charge on any atom is 0.232 e. The minimum atomic E-state index is 0. The van der Waals surface area contributed by atoms with Crippen molar-refractivity contribution in [3.63, 3.8) is 0 Å². The number of hydrogen-bond acceptors (Lipinski definition) is 3. The van der Waals surface area contributed by atoms with Crippen LogP contribution in [0.25, 0.3) is 0 Å². The molecule has 0 aromatic carbocycles. The molecule has 2 aliphatic rings. The van der Waals surface area contributed by atoms with Gasteiger partial charge < -0.3 is 10.2 Å². The lowest BCUT2D eigenvalue weighted by Crippen LogP contribution is -2.47. The Morgan fingerprint density at radius 3 is 2.94 bits per heavy atom. The second kappa shape index (κ2) is 6.12. The van der Waals surface area contributed by atoms with Gasteiger partial charge in [-0.3, -0.25) is 4.79 Å². The van der Waals surface area contributed by atoms with Crippen LogP contribution in [0.15, 0.2) is 0 Å². The van der Waals surface area contributed by atoms with Gasteiger partial charge in [0.15, 0.2) is 0 Å². The van der Waals surface area contributed by atoms with Crippen molar-refractivity contribution in [1.29, 1.82) is 0 Å². The number of amides is 1. The summed E-state index contributed by atoms with van der Waals surface area (Å²) in [6.07, 6.45) is 5.72. The first-order valence-electron chi connectivity index (χ1n) is 5.73. The van der Waals surface area contributed by atoms with Gasteiger partial charge in [-0.1, -0.05) is 0 Å². The molecule has 5 heteroatoms. The third kappa shape index (κ3) is 3.05. The Labute approximate surface area is 108 Å². The molecule has 2 rings (SSSR count). The zero-order valence-electron chi connectivity index (χ0n) is 9.83. The molecule has 0 saturated carbocycles. The molecule has 0 radical (unpaired) electrons. The molecule has 2 fully saturated rings. The van der Waals surface area contributed by atoms with Gasteiger partial charge in [0.1, 0.15) is 0 Å². The average Bonchev–Trinajstić information content (AvgIpc) is 2.67. The first-order chi connectivity index (χ1) is 7.26. The molecular formula is C11H21ClN2OS. The van der Waals surface area contributed by atoms with E-state index >= 15 is 0 Å². The molecule has 94 valence electrons. The Balaban J connectivity index is 0.00000128. The van der Waals surface area contributed by atoms with Crippen LogP contribution in [0.1, 0.15) is 19.3 Å². The van der Waals surface area contributed by atoms with Gasteiger partial charge in [0.25, 0.3) is 0 Å². The molecule has 3 nitrogen and oxygen atoms in total. The SMILES string of the molecule is CSCC(=O)N1CCCC2(CCNC2)C1.Cl. The zero-order valence-corrected chi connectivity index (χ0v) is 11.5. The Morgan fingerprint density at radius 2 is 2.31 bits per heavy atom. The fourth-order valence-electron chi connectivity index (χ4n) is 2.78. The van der Waals surface area contributed by atoms with Gasteiger partial charge in [-0.2, -0.15) is 11.8 Å². The highest BCUT2D eigenvalue weighted by Gasteiger charge is 2.38. The van der Waals surface area contributed by atoms with E-state index < -0.39 is 0 Å². The number of piperidine rings is 1. The van der Waals surface area contributed by atoms with Gasteiger partial charge in [0.05, 0.1) is 5.75 Å². The van der Waals surface area contributed by atoms with Gasteiger partial charge in [-0.15, -0.1) is 12.4 Å². The van der Waals surface area contributed by atoms with Crippen molar-refractivity contribution < 1.29 is 4.79 Å². The van der Waals surface area contributed by atoms with Crippen LogP contribution in [-0.4, -0.2) is 49.0 Å². The number of carbonyl (C=O) groups is 1. The molecule has 2 saturated heterocycles. The lowest BCUT2D eigenvalue weighted by Gasteiger charge is -2.40. The van der Waals surface area contributed by atoms with Gasteiger partial charge in [0.2, 0.25) is 5.91 Å². The molecule has 0 aromatic rings. The number of likely N-dealkylation sites (tertiary alicyclic amines) is 1. The van der Waals surface area contributed by atoms with Crippen LogP contribution in [0.4, 0.5) is 0 Å². The molecule has 2 aliphatic heterocycles. The molecule has 1 amide bonds. The lowest BCUT2D eigenvalue weighted by atomic mass is 9.79. The Hall–Kier alpha value is 0.0700. The standard InChI is InChI=1S/C11H20N2OS.ClH/c1-15-7-10(14)13-6-2-3-11(9-13)4-5-12-8-11;/h12H,2-9H2,1H3;1H. The van der Waals surface area contributed by atoms with E-state index in [0.29, 0.717) is 17.1 Å². The predicted molar refractivity (Wildman–Crippen MR) is 71.4 cm³/mol. The van der Waals surface area contributed by atoms with Crippen molar-refractivity contribution in [3.05, 3.63) is 0 Å². The van der Waals surface area contributed by atoms with E-state index in [-0.39, 0.29) is 12.4 Å². The molecule has 2 heterocycles. The number of nitrogens with one attached hydrogen (secondary N) is 1. The van der Waals surface area contributed by atoms with Crippen LogP contribution < -0.4 is 5.32 Å². The highest BCUT2D eigenvalue weighted by molar-refractivity contribution is 7.99. The van der Waals surface area contributed by atoms with E-state index in [1.54, 1.807) is 11.8 Å². The van der Waals surface area contributed by atoms with Crippen molar-refractivity contribution in [3.8, 4) is 0 Å². The number of nitrogens with zero attached hydrogens (tertiary/aromatic N) is 1. The molecule has 16 heavy (non-hydrogen) atoms. The second-order valence-electron chi connectivity index (χ2n) is 4.78. The van der Waals surface area contributed by atoms with E-state index in [4.69, 9.17) is 0 Å². The summed E-state index contributed by atoms with van der Waals surface area (Å²) >= 11 is 1.63. The normalized spacial score (nSPS) is 29.2. The fraction of sp³-hybridized carbons (Fsp3) is 0.909. The summed E-state index contributed by atoms with van der Waals surface area (Å²) in [4.78, 5) is 13.9. The van der Waals surface area contributed by atoms with Gasteiger partial charge in [-0.05, 0) is 32.1 Å². The van der Waals surface area contributed by atoms with E-state index in [2.05, 4.69) is 10.2 Å². The minimum absolute atomic E-state index is 0. The van der Waals surface area contributed by atoms with Gasteiger partial charge in [0, 0.05) is 25.0 Å². The van der Waals surface area contributed by atoms with Crippen LogP contribution in [0.5, 0.6) is 0 Å². The lowest BCUT2D eigenvalue weighted by molar-refractivity contribution is -0.131. The molecule has 1 N–H and O–H groups in total. The van der Waals surface area contributed by atoms with Crippen LogP contribution in [0.3, 0.4) is 0 Å². The molecule has 0 aromatic heterocycles. The van der Waals surface area contributed by atoms with E-state index in [9.17, 15) is 4.79 Å². The third-order valence-corrected chi connectivity index (χ3v) is 4.15. The number of rotatable bonds is 2. The number of thioether (sulfide) groups is 1. The first kappa shape index (κ1) is 14.1. The van der Waals surface area contributed by atoms with E-state index in [1.165, 1.54) is 19.3 Å². The van der Waals surface area contributed by atoms with Gasteiger partial charge >= 0.3 is 0 Å². The maximum atomic E-state index is 11.8. The number of halogens is 1. The predicted octanol–water partition coefficient (Wildman–Crippen LogP) is 1.37. The molecule has 1 unspecified atom stereocenters. The monoisotopic (exact) mass is 264 g/mol. The van der Waals surface area contributed by atoms with Crippen molar-refractivity contribution in [2.75, 3.05) is 38.2 Å². The van der Waals surface area contributed by atoms with Gasteiger partial charge in [-0.25, -0.2) is 0 Å². The third-order valence-electron chi connectivity index (χ3n) is 3.61.